The van der Waals surface area contributed by atoms with Crippen LogP contribution in [0.1, 0.15) is 24.3 Å². The highest BCUT2D eigenvalue weighted by Crippen LogP contribution is 2.42. The van der Waals surface area contributed by atoms with Crippen LogP contribution in [0.4, 0.5) is 0 Å². The SMILES string of the molecule is COc1cc(C2NNC(C(C)=O)(c3cccc(Br)c3)O2)cc(OC)c1OC. The van der Waals surface area contributed by atoms with Crippen LogP contribution in [-0.2, 0) is 15.3 Å². The summed E-state index contributed by atoms with van der Waals surface area (Å²) in [5.41, 5.74) is 6.15. The minimum Gasteiger partial charge on any atom is -0.493 e. The number of halogens is 1. The average Bonchev–Trinajstić information content (AvgIpc) is 3.13. The van der Waals surface area contributed by atoms with Crippen LogP contribution >= 0.6 is 15.9 Å². The highest BCUT2D eigenvalue weighted by atomic mass is 79.9. The van der Waals surface area contributed by atoms with Crippen molar-refractivity contribution in [3.8, 4) is 17.2 Å². The van der Waals surface area contributed by atoms with Crippen LogP contribution in [0, 0.1) is 0 Å². The van der Waals surface area contributed by atoms with Gasteiger partial charge in [0.15, 0.2) is 17.3 Å². The van der Waals surface area contributed by atoms with E-state index in [9.17, 15) is 4.79 Å². The van der Waals surface area contributed by atoms with E-state index in [1.807, 2.05) is 24.3 Å². The number of benzene rings is 2. The van der Waals surface area contributed by atoms with Crippen molar-refractivity contribution in [3.63, 3.8) is 0 Å². The summed E-state index contributed by atoms with van der Waals surface area (Å²) in [6.07, 6.45) is -0.610. The van der Waals surface area contributed by atoms with Gasteiger partial charge < -0.3 is 18.9 Å². The number of ether oxygens (including phenoxy) is 4. The molecule has 1 aliphatic rings. The Balaban J connectivity index is 2.00. The summed E-state index contributed by atoms with van der Waals surface area (Å²) in [7, 11) is 4.63. The third-order valence-electron chi connectivity index (χ3n) is 4.39. The van der Waals surface area contributed by atoms with E-state index < -0.39 is 12.0 Å². The number of carbonyl (C=O) groups is 1. The molecule has 3 rings (SSSR count). The molecule has 0 spiro atoms. The normalized spacial score (nSPS) is 21.7. The highest BCUT2D eigenvalue weighted by molar-refractivity contribution is 9.10. The number of methoxy groups -OCH3 is 3. The Morgan fingerprint density at radius 1 is 1.11 bits per heavy atom. The van der Waals surface area contributed by atoms with Crippen molar-refractivity contribution in [2.24, 2.45) is 0 Å². The number of nitrogens with one attached hydrogen (secondary N) is 2. The lowest BCUT2D eigenvalue weighted by Crippen LogP contribution is -2.47. The van der Waals surface area contributed by atoms with Crippen molar-refractivity contribution in [1.29, 1.82) is 0 Å². The molecule has 0 saturated carbocycles. The molecule has 144 valence electrons. The van der Waals surface area contributed by atoms with Gasteiger partial charge in [-0.3, -0.25) is 4.79 Å². The Morgan fingerprint density at radius 2 is 1.78 bits per heavy atom. The fraction of sp³-hybridized carbons (Fsp3) is 0.316. The zero-order valence-electron chi connectivity index (χ0n) is 15.5. The summed E-state index contributed by atoms with van der Waals surface area (Å²) in [5, 5.41) is 0. The molecule has 0 amide bonds. The van der Waals surface area contributed by atoms with Gasteiger partial charge in [0, 0.05) is 15.6 Å². The van der Waals surface area contributed by atoms with E-state index in [0.29, 0.717) is 22.8 Å². The third kappa shape index (κ3) is 3.53. The van der Waals surface area contributed by atoms with Crippen LogP contribution in [0.15, 0.2) is 40.9 Å². The molecule has 8 heteroatoms. The molecule has 2 N–H and O–H groups in total. The Hall–Kier alpha value is -2.13. The first-order chi connectivity index (χ1) is 12.9. The maximum atomic E-state index is 12.5. The van der Waals surface area contributed by atoms with Crippen LogP contribution in [-0.4, -0.2) is 27.1 Å². The van der Waals surface area contributed by atoms with Gasteiger partial charge in [0.05, 0.1) is 21.3 Å². The Bertz CT molecular complexity index is 835. The molecule has 2 aromatic carbocycles. The predicted molar refractivity (Wildman–Crippen MR) is 103 cm³/mol. The summed E-state index contributed by atoms with van der Waals surface area (Å²) in [4.78, 5) is 12.5. The molecule has 2 aromatic rings. The summed E-state index contributed by atoms with van der Waals surface area (Å²) in [5.74, 6) is 1.31. The van der Waals surface area contributed by atoms with Crippen LogP contribution in [0.25, 0.3) is 0 Å². The molecule has 0 radical (unpaired) electrons. The Kier molecular flexibility index (Phi) is 5.71. The lowest BCUT2D eigenvalue weighted by Gasteiger charge is -2.26. The average molecular weight is 437 g/mol. The van der Waals surface area contributed by atoms with E-state index in [1.165, 1.54) is 6.92 Å². The van der Waals surface area contributed by atoms with E-state index in [1.54, 1.807) is 33.5 Å². The van der Waals surface area contributed by atoms with Crippen molar-refractivity contribution in [1.82, 2.24) is 10.9 Å². The first-order valence-corrected chi connectivity index (χ1v) is 9.02. The topological polar surface area (TPSA) is 78.1 Å². The lowest BCUT2D eigenvalue weighted by molar-refractivity contribution is -0.145. The van der Waals surface area contributed by atoms with Gasteiger partial charge in [-0.2, -0.15) is 0 Å². The molecule has 1 fully saturated rings. The third-order valence-corrected chi connectivity index (χ3v) is 4.88. The summed E-state index contributed by atoms with van der Waals surface area (Å²) in [6.45, 7) is 1.48. The van der Waals surface area contributed by atoms with Gasteiger partial charge in [0.2, 0.25) is 11.5 Å². The monoisotopic (exact) mass is 436 g/mol. The zero-order chi connectivity index (χ0) is 19.6. The number of Topliss-reactive ketones (excluding diaryl/α,β-unsaturated/α-hetero) is 1. The number of hydrazine groups is 1. The van der Waals surface area contributed by atoms with Crippen LogP contribution < -0.4 is 25.1 Å². The zero-order valence-corrected chi connectivity index (χ0v) is 17.0. The Morgan fingerprint density at radius 3 is 2.30 bits per heavy atom. The van der Waals surface area contributed by atoms with Crippen LogP contribution in [0.5, 0.6) is 17.2 Å². The van der Waals surface area contributed by atoms with Crippen molar-refractivity contribution in [2.75, 3.05) is 21.3 Å². The molecule has 0 aliphatic carbocycles. The minimum absolute atomic E-state index is 0.178. The van der Waals surface area contributed by atoms with E-state index in [-0.39, 0.29) is 5.78 Å². The first kappa shape index (κ1) is 19.6. The molecular weight excluding hydrogens is 416 g/mol. The molecule has 0 bridgehead atoms. The van der Waals surface area contributed by atoms with Crippen molar-refractivity contribution < 1.29 is 23.7 Å². The molecule has 1 heterocycles. The molecule has 1 saturated heterocycles. The number of ketones is 1. The summed E-state index contributed by atoms with van der Waals surface area (Å²) >= 11 is 3.43. The van der Waals surface area contributed by atoms with Gasteiger partial charge in [-0.25, -0.2) is 10.9 Å². The lowest BCUT2D eigenvalue weighted by atomic mass is 9.99. The smallest absolute Gasteiger partial charge is 0.219 e. The predicted octanol–water partition coefficient (Wildman–Crippen LogP) is 3.04. The van der Waals surface area contributed by atoms with E-state index in [2.05, 4.69) is 26.8 Å². The van der Waals surface area contributed by atoms with E-state index >= 15 is 0 Å². The van der Waals surface area contributed by atoms with Crippen molar-refractivity contribution in [3.05, 3.63) is 52.0 Å². The van der Waals surface area contributed by atoms with E-state index in [4.69, 9.17) is 18.9 Å². The molecule has 27 heavy (non-hydrogen) atoms. The van der Waals surface area contributed by atoms with Crippen LogP contribution in [0.3, 0.4) is 0 Å². The number of carbonyl (C=O) groups excluding carboxylic acids is 1. The second kappa shape index (κ2) is 7.85. The molecule has 2 atom stereocenters. The van der Waals surface area contributed by atoms with E-state index in [0.717, 1.165) is 10.0 Å². The van der Waals surface area contributed by atoms with Gasteiger partial charge in [0.1, 0.15) is 6.23 Å². The second-order valence-corrected chi connectivity index (χ2v) is 6.89. The second-order valence-electron chi connectivity index (χ2n) is 5.97. The van der Waals surface area contributed by atoms with Crippen LogP contribution in [0.2, 0.25) is 0 Å². The number of hydrogen-bond donors (Lipinski definition) is 2. The maximum absolute atomic E-state index is 12.5. The number of hydrogen-bond acceptors (Lipinski definition) is 7. The van der Waals surface area contributed by atoms with Crippen molar-refractivity contribution in [2.45, 2.75) is 18.9 Å². The molecule has 2 unspecified atom stereocenters. The van der Waals surface area contributed by atoms with Crippen molar-refractivity contribution >= 4 is 21.7 Å². The quantitative estimate of drug-likeness (QED) is 0.720. The molecule has 1 aliphatic heterocycles. The molecular formula is C19H21BrN2O5. The summed E-state index contributed by atoms with van der Waals surface area (Å²) < 4.78 is 23.2. The first-order valence-electron chi connectivity index (χ1n) is 8.22. The standard InChI is InChI=1S/C19H21BrN2O5/c1-11(23)19(13-6-5-7-14(20)10-13)22-21-18(27-19)12-8-15(24-2)17(26-4)16(9-12)25-3/h5-10,18,21-22H,1-4H3. The highest BCUT2D eigenvalue weighted by Gasteiger charge is 2.46. The fourth-order valence-corrected chi connectivity index (χ4v) is 3.43. The Labute approximate surface area is 166 Å². The summed E-state index contributed by atoms with van der Waals surface area (Å²) in [6, 6.07) is 11.0. The van der Waals surface area contributed by atoms with Gasteiger partial charge in [0.25, 0.3) is 0 Å². The molecule has 0 aromatic heterocycles. The largest absolute Gasteiger partial charge is 0.493 e. The number of rotatable bonds is 6. The fourth-order valence-electron chi connectivity index (χ4n) is 3.03. The maximum Gasteiger partial charge on any atom is 0.219 e. The van der Waals surface area contributed by atoms with Gasteiger partial charge in [-0.1, -0.05) is 28.1 Å². The van der Waals surface area contributed by atoms with Gasteiger partial charge >= 0.3 is 0 Å². The van der Waals surface area contributed by atoms with Gasteiger partial charge in [-0.15, -0.1) is 0 Å². The molecule has 7 nitrogen and oxygen atoms in total. The van der Waals surface area contributed by atoms with Gasteiger partial charge in [-0.05, 0) is 31.2 Å². The minimum atomic E-state index is -1.31.